The first-order chi connectivity index (χ1) is 26.1. The van der Waals surface area contributed by atoms with Crippen LogP contribution < -0.4 is 32.3 Å². The first-order valence-corrected chi connectivity index (χ1v) is 18.5. The molecular formula is C39H49FN6O8S2. The van der Waals surface area contributed by atoms with Crippen LogP contribution in [0.5, 0.6) is 5.75 Å². The van der Waals surface area contributed by atoms with Crippen molar-refractivity contribution in [3.05, 3.63) is 101 Å². The van der Waals surface area contributed by atoms with Crippen molar-refractivity contribution in [2.75, 3.05) is 6.54 Å². The van der Waals surface area contributed by atoms with E-state index in [0.29, 0.717) is 16.7 Å². The summed E-state index contributed by atoms with van der Waals surface area (Å²) in [5, 5.41) is 32.0. The Bertz CT molecular complexity index is 1840. The van der Waals surface area contributed by atoms with Gasteiger partial charge in [0.2, 0.25) is 29.5 Å². The van der Waals surface area contributed by atoms with E-state index in [2.05, 4.69) is 51.8 Å². The SMILES string of the molecule is CC(C)(S)[C@H](NC(=O)[C@H](Cc1ccc(F)cc1)NC(=O)CNC(=O)[C@H](NC(=O)[C@@H](N)Cc1ccc(O)cc1)C(C)(C)S)C(=O)N[C@@H](Cc1ccccc1)C(=O)O. The van der Waals surface area contributed by atoms with Gasteiger partial charge < -0.3 is 42.5 Å². The Hall–Kier alpha value is -5.13. The highest BCUT2D eigenvalue weighted by molar-refractivity contribution is 7.82. The Labute approximate surface area is 335 Å². The summed E-state index contributed by atoms with van der Waals surface area (Å²) >= 11 is 8.96. The van der Waals surface area contributed by atoms with Gasteiger partial charge in [0.25, 0.3) is 0 Å². The van der Waals surface area contributed by atoms with Crippen LogP contribution in [0.1, 0.15) is 44.4 Å². The molecule has 5 atom stereocenters. The van der Waals surface area contributed by atoms with Gasteiger partial charge in [0.15, 0.2) is 0 Å². The fraction of sp³-hybridized carbons (Fsp3) is 0.385. The summed E-state index contributed by atoms with van der Waals surface area (Å²) in [5.41, 5.74) is 7.86. The molecule has 14 nitrogen and oxygen atoms in total. The molecule has 0 saturated heterocycles. The van der Waals surface area contributed by atoms with Crippen LogP contribution in [-0.4, -0.2) is 92.0 Å². The normalized spacial score (nSPS) is 14.2. The van der Waals surface area contributed by atoms with Gasteiger partial charge in [-0.15, -0.1) is 0 Å². The molecule has 9 N–H and O–H groups in total. The Kier molecular flexibility index (Phi) is 16.3. The third kappa shape index (κ3) is 14.5. The average molecular weight is 813 g/mol. The molecule has 5 amide bonds. The van der Waals surface area contributed by atoms with E-state index in [1.165, 1.54) is 50.2 Å². The average Bonchev–Trinajstić information content (AvgIpc) is 3.12. The molecule has 17 heteroatoms. The third-order valence-electron chi connectivity index (χ3n) is 8.56. The summed E-state index contributed by atoms with van der Waals surface area (Å²) in [6, 6.07) is 13.5. The Morgan fingerprint density at radius 2 is 1.12 bits per heavy atom. The number of rotatable bonds is 19. The van der Waals surface area contributed by atoms with Crippen LogP contribution in [0.15, 0.2) is 78.9 Å². The molecule has 0 bridgehead atoms. The van der Waals surface area contributed by atoms with Gasteiger partial charge >= 0.3 is 5.97 Å². The maximum atomic E-state index is 13.8. The largest absolute Gasteiger partial charge is 0.508 e. The van der Waals surface area contributed by atoms with Gasteiger partial charge in [-0.2, -0.15) is 25.3 Å². The minimum atomic E-state index is -1.40. The zero-order chi connectivity index (χ0) is 41.8. The molecule has 0 aliphatic rings. The van der Waals surface area contributed by atoms with Gasteiger partial charge in [0, 0.05) is 22.3 Å². The first-order valence-electron chi connectivity index (χ1n) is 17.6. The summed E-state index contributed by atoms with van der Waals surface area (Å²) in [7, 11) is 0. The monoisotopic (exact) mass is 812 g/mol. The number of hydrogen-bond donors (Lipinski definition) is 10. The Morgan fingerprint density at radius 3 is 1.68 bits per heavy atom. The molecule has 0 unspecified atom stereocenters. The van der Waals surface area contributed by atoms with Crippen LogP contribution in [-0.2, 0) is 48.0 Å². The van der Waals surface area contributed by atoms with E-state index >= 15 is 0 Å². The molecule has 56 heavy (non-hydrogen) atoms. The van der Waals surface area contributed by atoms with Crippen LogP contribution in [0, 0.1) is 5.82 Å². The van der Waals surface area contributed by atoms with Crippen molar-refractivity contribution in [1.82, 2.24) is 26.6 Å². The van der Waals surface area contributed by atoms with Crippen LogP contribution in [0.2, 0.25) is 0 Å². The molecule has 0 aliphatic heterocycles. The minimum Gasteiger partial charge on any atom is -0.508 e. The summed E-state index contributed by atoms with van der Waals surface area (Å²) in [6.07, 6.45) is -0.0968. The summed E-state index contributed by atoms with van der Waals surface area (Å²) in [6.45, 7) is 5.57. The molecule has 3 rings (SSSR count). The zero-order valence-electron chi connectivity index (χ0n) is 31.4. The van der Waals surface area contributed by atoms with Gasteiger partial charge in [0.05, 0.1) is 12.6 Å². The van der Waals surface area contributed by atoms with Crippen molar-refractivity contribution in [2.45, 2.75) is 86.7 Å². The standard InChI is InChI=1S/C39H49FN6O8S2/c1-38(2,55)31(45-33(49)27(41)18-23-12-16-26(47)17-13-23)35(51)42-21-30(48)43-28(19-24-10-14-25(40)15-11-24)34(50)46-32(39(3,4)56)36(52)44-29(37(53)54)20-22-8-6-5-7-9-22/h5-17,27-29,31-32,47,55-56H,18-21,41H2,1-4H3,(H,42,51)(H,43,48)(H,44,52)(H,45,49)(H,46,50)(H,53,54)/t27-,28-,29-,31-,32+/m0/s1. The number of thiol groups is 2. The maximum Gasteiger partial charge on any atom is 0.326 e. The number of amides is 5. The van der Waals surface area contributed by atoms with Crippen molar-refractivity contribution < 1.29 is 43.4 Å². The molecule has 0 fully saturated rings. The topological polar surface area (TPSA) is 229 Å². The predicted octanol–water partition coefficient (Wildman–Crippen LogP) is 1.44. The van der Waals surface area contributed by atoms with Crippen molar-refractivity contribution in [2.24, 2.45) is 5.73 Å². The quantitative estimate of drug-likeness (QED) is 0.0790. The number of halogens is 1. The van der Waals surface area contributed by atoms with E-state index in [1.54, 1.807) is 56.3 Å². The van der Waals surface area contributed by atoms with Crippen LogP contribution >= 0.6 is 25.3 Å². The summed E-state index contributed by atoms with van der Waals surface area (Å²) < 4.78 is 11.3. The maximum absolute atomic E-state index is 13.8. The lowest BCUT2D eigenvalue weighted by Crippen LogP contribution is -2.62. The molecule has 0 aromatic heterocycles. The molecule has 0 spiro atoms. The van der Waals surface area contributed by atoms with E-state index < -0.39 is 87.6 Å². The molecule has 0 saturated carbocycles. The van der Waals surface area contributed by atoms with Gasteiger partial charge in [-0.3, -0.25) is 24.0 Å². The fourth-order valence-electron chi connectivity index (χ4n) is 5.48. The lowest BCUT2D eigenvalue weighted by molar-refractivity contribution is -0.142. The van der Waals surface area contributed by atoms with Gasteiger partial charge in [-0.1, -0.05) is 54.6 Å². The van der Waals surface area contributed by atoms with Crippen LogP contribution in [0.4, 0.5) is 4.39 Å². The van der Waals surface area contributed by atoms with E-state index in [-0.39, 0.29) is 25.0 Å². The molecule has 302 valence electrons. The van der Waals surface area contributed by atoms with Crippen molar-refractivity contribution in [1.29, 1.82) is 0 Å². The van der Waals surface area contributed by atoms with Gasteiger partial charge in [-0.25, -0.2) is 9.18 Å². The van der Waals surface area contributed by atoms with E-state index in [4.69, 9.17) is 5.73 Å². The molecule has 3 aromatic carbocycles. The molecular weight excluding hydrogens is 764 g/mol. The number of phenols is 1. The second kappa shape index (κ2) is 20.2. The Balaban J connectivity index is 1.74. The number of carbonyl (C=O) groups excluding carboxylic acids is 5. The number of phenolic OH excluding ortho intramolecular Hbond substituents is 1. The van der Waals surface area contributed by atoms with Crippen molar-refractivity contribution >= 4 is 60.8 Å². The fourth-order valence-corrected chi connectivity index (χ4v) is 5.85. The van der Waals surface area contributed by atoms with Crippen LogP contribution in [0.25, 0.3) is 0 Å². The second-order valence-electron chi connectivity index (χ2n) is 14.4. The number of carbonyl (C=O) groups is 6. The summed E-state index contributed by atoms with van der Waals surface area (Å²) in [5.74, 6) is -5.75. The number of hydrogen-bond acceptors (Lipinski definition) is 10. The number of nitrogens with two attached hydrogens (primary N) is 1. The number of nitrogens with one attached hydrogen (secondary N) is 5. The predicted molar refractivity (Wildman–Crippen MR) is 215 cm³/mol. The zero-order valence-corrected chi connectivity index (χ0v) is 33.2. The van der Waals surface area contributed by atoms with Gasteiger partial charge in [0.1, 0.15) is 35.7 Å². The number of benzene rings is 3. The number of carboxylic acid groups (broad SMARTS) is 1. The molecule has 0 radical (unpaired) electrons. The number of carboxylic acids is 1. The molecule has 0 aliphatic carbocycles. The van der Waals surface area contributed by atoms with Crippen LogP contribution in [0.3, 0.4) is 0 Å². The minimum absolute atomic E-state index is 0.0356. The lowest BCUT2D eigenvalue weighted by atomic mass is 9.99. The smallest absolute Gasteiger partial charge is 0.326 e. The molecule has 3 aromatic rings. The Morgan fingerprint density at radius 1 is 0.643 bits per heavy atom. The second-order valence-corrected chi connectivity index (χ2v) is 16.7. The van der Waals surface area contributed by atoms with E-state index in [9.17, 15) is 43.4 Å². The summed E-state index contributed by atoms with van der Waals surface area (Å²) in [4.78, 5) is 79.1. The highest BCUT2D eigenvalue weighted by Gasteiger charge is 2.38. The van der Waals surface area contributed by atoms with Crippen molar-refractivity contribution in [3.63, 3.8) is 0 Å². The number of aliphatic carboxylic acids is 1. The number of aromatic hydroxyl groups is 1. The first kappa shape index (κ1) is 45.3. The van der Waals surface area contributed by atoms with E-state index in [1.807, 2.05) is 0 Å². The third-order valence-corrected chi connectivity index (χ3v) is 9.08. The lowest BCUT2D eigenvalue weighted by Gasteiger charge is -2.32. The highest BCUT2D eigenvalue weighted by atomic mass is 32.1. The van der Waals surface area contributed by atoms with Gasteiger partial charge in [-0.05, 0) is 75.1 Å². The highest BCUT2D eigenvalue weighted by Crippen LogP contribution is 2.20. The molecule has 0 heterocycles. The van der Waals surface area contributed by atoms with Crippen molar-refractivity contribution in [3.8, 4) is 5.75 Å². The van der Waals surface area contributed by atoms with E-state index in [0.717, 1.165) is 0 Å².